The van der Waals surface area contributed by atoms with E-state index >= 15 is 0 Å². The van der Waals surface area contributed by atoms with E-state index in [9.17, 15) is 18.4 Å². The molecular weight excluding hydrogens is 566 g/mol. The van der Waals surface area contributed by atoms with E-state index in [1.807, 2.05) is 18.2 Å². The molecule has 0 saturated carbocycles. The number of carbonyl (C=O) groups is 2. The molecule has 2 heterocycles. The molecule has 0 bridgehead atoms. The number of fused-ring (bicyclic) bond motifs is 1. The summed E-state index contributed by atoms with van der Waals surface area (Å²) in [6, 6.07) is 15.4. The number of benzene rings is 3. The van der Waals surface area contributed by atoms with Crippen molar-refractivity contribution in [2.45, 2.75) is 13.3 Å². The summed E-state index contributed by atoms with van der Waals surface area (Å²) in [6.45, 7) is 10.6. The summed E-state index contributed by atoms with van der Waals surface area (Å²) in [6.07, 6.45) is 1.68. The number of pyridine rings is 1. The number of anilines is 2. The molecule has 228 valence electrons. The first-order valence-electron chi connectivity index (χ1n) is 14.3. The number of ketones is 1. The molecule has 1 N–H and O–H groups in total. The molecule has 1 aromatic heterocycles. The molecule has 3 aromatic carbocycles. The molecule has 0 unspecified atom stereocenters. The maximum absolute atomic E-state index is 15.0. The Kier molecular flexibility index (Phi) is 9.20. The largest absolute Gasteiger partial charge is 0.494 e. The van der Waals surface area contributed by atoms with Crippen LogP contribution in [0.3, 0.4) is 0 Å². The Bertz CT molecular complexity index is 1710. The van der Waals surface area contributed by atoms with Crippen molar-refractivity contribution in [3.8, 4) is 11.5 Å². The fourth-order valence-electron chi connectivity index (χ4n) is 5.37. The van der Waals surface area contributed by atoms with Gasteiger partial charge in [-0.25, -0.2) is 8.78 Å². The van der Waals surface area contributed by atoms with Gasteiger partial charge in [0.25, 0.3) is 0 Å². The number of hydrogen-bond donors (Lipinski definition) is 1. The highest BCUT2D eigenvalue weighted by Gasteiger charge is 2.26. The topological polar surface area (TPSA) is 84.0 Å². The number of nitrogens with zero attached hydrogens (tertiary/aromatic N) is 3. The predicted molar refractivity (Wildman–Crippen MR) is 167 cm³/mol. The van der Waals surface area contributed by atoms with Crippen molar-refractivity contribution in [3.63, 3.8) is 0 Å². The lowest BCUT2D eigenvalue weighted by Gasteiger charge is -2.35. The summed E-state index contributed by atoms with van der Waals surface area (Å²) in [4.78, 5) is 35.0. The van der Waals surface area contributed by atoms with Crippen LogP contribution in [0.4, 0.5) is 20.2 Å². The minimum Gasteiger partial charge on any atom is -0.494 e. The van der Waals surface area contributed by atoms with Gasteiger partial charge in [-0.1, -0.05) is 25.6 Å². The van der Waals surface area contributed by atoms with Crippen LogP contribution in [0.25, 0.3) is 10.9 Å². The van der Waals surface area contributed by atoms with Crippen molar-refractivity contribution in [2.24, 2.45) is 0 Å². The van der Waals surface area contributed by atoms with Crippen LogP contribution in [0.2, 0.25) is 0 Å². The van der Waals surface area contributed by atoms with Crippen molar-refractivity contribution in [2.75, 3.05) is 57.2 Å². The molecule has 0 radical (unpaired) electrons. The van der Waals surface area contributed by atoms with E-state index in [-0.39, 0.29) is 23.0 Å². The van der Waals surface area contributed by atoms with Gasteiger partial charge in [0.1, 0.15) is 5.56 Å². The highest BCUT2D eigenvalue weighted by atomic mass is 19.1. The zero-order chi connectivity index (χ0) is 31.4. The van der Waals surface area contributed by atoms with Gasteiger partial charge < -0.3 is 24.6 Å². The second-order valence-electron chi connectivity index (χ2n) is 10.5. The third kappa shape index (κ3) is 6.26. The number of hydrogen-bond acceptors (Lipinski definition) is 7. The van der Waals surface area contributed by atoms with Crippen molar-refractivity contribution in [1.82, 2.24) is 9.88 Å². The number of methoxy groups -OCH3 is 2. The molecule has 0 aliphatic carbocycles. The van der Waals surface area contributed by atoms with Gasteiger partial charge in [0, 0.05) is 66.7 Å². The molecule has 1 aliphatic rings. The van der Waals surface area contributed by atoms with Gasteiger partial charge in [-0.2, -0.15) is 0 Å². The monoisotopic (exact) mass is 600 g/mol. The van der Waals surface area contributed by atoms with E-state index in [1.54, 1.807) is 18.2 Å². The average Bonchev–Trinajstić information content (AvgIpc) is 3.05. The van der Waals surface area contributed by atoms with Crippen LogP contribution in [-0.4, -0.2) is 68.5 Å². The van der Waals surface area contributed by atoms with Crippen molar-refractivity contribution in [1.29, 1.82) is 0 Å². The first kappa shape index (κ1) is 30.6. The zero-order valence-electron chi connectivity index (χ0n) is 25.0. The average molecular weight is 601 g/mol. The minimum atomic E-state index is -1.10. The molecule has 0 spiro atoms. The summed E-state index contributed by atoms with van der Waals surface area (Å²) >= 11 is 0. The Balaban J connectivity index is 1.41. The Hall–Kier alpha value is -4.83. The van der Waals surface area contributed by atoms with Crippen molar-refractivity contribution < 1.29 is 27.8 Å². The number of carbonyl (C=O) groups excluding carboxylic acids is 2. The summed E-state index contributed by atoms with van der Waals surface area (Å²) < 4.78 is 39.9. The summed E-state index contributed by atoms with van der Waals surface area (Å²) in [5.41, 5.74) is 3.28. The lowest BCUT2D eigenvalue weighted by Crippen LogP contribution is -2.46. The van der Waals surface area contributed by atoms with E-state index in [1.165, 1.54) is 26.4 Å². The van der Waals surface area contributed by atoms with Crippen LogP contribution in [0.1, 0.15) is 34.1 Å². The highest BCUT2D eigenvalue weighted by Crippen LogP contribution is 2.33. The number of nitrogens with one attached hydrogen (secondary N) is 1. The van der Waals surface area contributed by atoms with Gasteiger partial charge in [0.15, 0.2) is 28.9 Å². The quantitative estimate of drug-likeness (QED) is 0.187. The summed E-state index contributed by atoms with van der Waals surface area (Å²) in [7, 11) is 2.45. The molecule has 1 amide bonds. The Morgan fingerprint density at radius 1 is 0.955 bits per heavy atom. The van der Waals surface area contributed by atoms with Gasteiger partial charge in [-0.3, -0.25) is 14.6 Å². The molecule has 10 heteroatoms. The molecule has 1 fully saturated rings. The molecule has 0 atom stereocenters. The van der Waals surface area contributed by atoms with Crippen LogP contribution in [0, 0.1) is 11.6 Å². The maximum Gasteiger partial charge on any atom is 0.247 e. The lowest BCUT2D eigenvalue weighted by atomic mass is 9.99. The van der Waals surface area contributed by atoms with Gasteiger partial charge in [-0.15, -0.1) is 0 Å². The van der Waals surface area contributed by atoms with Gasteiger partial charge in [-0.05, 0) is 54.6 Å². The number of rotatable bonds is 10. The number of likely N-dealkylation sites (N-methyl/N-ethyl adjacent to an activating group) is 1. The normalized spacial score (nSPS) is 13.5. The molecule has 5 rings (SSSR count). The van der Waals surface area contributed by atoms with E-state index in [0.717, 1.165) is 55.7 Å². The molecule has 1 aliphatic heterocycles. The van der Waals surface area contributed by atoms with E-state index in [0.29, 0.717) is 23.0 Å². The Morgan fingerprint density at radius 2 is 1.66 bits per heavy atom. The third-order valence-electron chi connectivity index (χ3n) is 7.90. The summed E-state index contributed by atoms with van der Waals surface area (Å²) in [5, 5.41) is 3.56. The third-order valence-corrected chi connectivity index (χ3v) is 7.90. The van der Waals surface area contributed by atoms with E-state index < -0.39 is 23.0 Å². The fraction of sp³-hybridized carbons (Fsp3) is 0.265. The molecule has 4 aromatic rings. The number of aromatic nitrogens is 1. The van der Waals surface area contributed by atoms with E-state index in [2.05, 4.69) is 34.7 Å². The highest BCUT2D eigenvalue weighted by molar-refractivity contribution is 6.11. The Morgan fingerprint density at radius 3 is 2.30 bits per heavy atom. The fourth-order valence-corrected chi connectivity index (χ4v) is 5.37. The SMILES string of the molecule is C=CC(=O)Nc1cc(N2CCN(CC)CC2)ccc1Cc1ccc2cc(C(=O)c3c(F)c(OC)cc(OC)c3F)ccc2n1. The van der Waals surface area contributed by atoms with Crippen molar-refractivity contribution >= 4 is 34.0 Å². The summed E-state index contributed by atoms with van der Waals surface area (Å²) in [5.74, 6) is -3.94. The van der Waals surface area contributed by atoms with Gasteiger partial charge in [0.2, 0.25) is 5.91 Å². The molecule has 8 nitrogen and oxygen atoms in total. The molecule has 44 heavy (non-hydrogen) atoms. The van der Waals surface area contributed by atoms with Gasteiger partial charge in [0.05, 0.1) is 19.7 Å². The lowest BCUT2D eigenvalue weighted by molar-refractivity contribution is -0.111. The molecule has 1 saturated heterocycles. The van der Waals surface area contributed by atoms with Crippen LogP contribution in [0.5, 0.6) is 11.5 Å². The smallest absolute Gasteiger partial charge is 0.247 e. The van der Waals surface area contributed by atoms with Crippen LogP contribution >= 0.6 is 0 Å². The van der Waals surface area contributed by atoms with Crippen LogP contribution in [0.15, 0.2) is 67.3 Å². The second kappa shape index (κ2) is 13.2. The number of halogens is 2. The van der Waals surface area contributed by atoms with Crippen LogP contribution < -0.4 is 19.7 Å². The zero-order valence-corrected chi connectivity index (χ0v) is 25.0. The maximum atomic E-state index is 15.0. The molecular formula is C34H34F2N4O4. The Labute approximate surface area is 254 Å². The minimum absolute atomic E-state index is 0.0879. The number of ether oxygens (including phenoxy) is 2. The first-order chi connectivity index (χ1) is 21.3. The predicted octanol–water partition coefficient (Wildman–Crippen LogP) is 5.62. The van der Waals surface area contributed by atoms with Crippen molar-refractivity contribution in [3.05, 3.63) is 101 Å². The second-order valence-corrected chi connectivity index (χ2v) is 10.5. The number of amides is 1. The van der Waals surface area contributed by atoms with Crippen LogP contribution in [-0.2, 0) is 11.2 Å². The van der Waals surface area contributed by atoms with E-state index in [4.69, 9.17) is 14.5 Å². The first-order valence-corrected chi connectivity index (χ1v) is 14.3. The number of piperazine rings is 1. The standard InChI is InChI=1S/C34H34F2N4O4/c1-5-30(41)38-27-19-25(40-15-13-39(6-2)14-16-40)11-8-22(27)18-24-10-7-21-17-23(9-12-26(21)37-24)34(42)31-32(35)28(43-3)20-29(44-4)33(31)36/h5,7-12,17,19-20H,1,6,13-16,18H2,2-4H3,(H,38,41). The van der Waals surface area contributed by atoms with Gasteiger partial charge >= 0.3 is 0 Å².